The number of rotatable bonds is 55. The molecule has 0 spiro atoms. The summed E-state index contributed by atoms with van der Waals surface area (Å²) < 4.78 is 34.6. The zero-order valence-corrected chi connectivity index (χ0v) is 46.8. The molecule has 10 heteroatoms. The van der Waals surface area contributed by atoms with Crippen molar-refractivity contribution in [3.8, 4) is 0 Å². The van der Waals surface area contributed by atoms with Crippen molar-refractivity contribution in [2.24, 2.45) is 0 Å². The van der Waals surface area contributed by atoms with Gasteiger partial charge in [-0.25, -0.2) is 4.57 Å². The van der Waals surface area contributed by atoms with Crippen LogP contribution in [0, 0.1) is 0 Å². The molecule has 0 amide bonds. The zero-order valence-electron chi connectivity index (χ0n) is 45.9. The Morgan fingerprint density at radius 3 is 1.09 bits per heavy atom. The van der Waals surface area contributed by atoms with Crippen LogP contribution in [0.5, 0.6) is 0 Å². The third-order valence-corrected chi connectivity index (χ3v) is 14.3. The molecule has 2 unspecified atom stereocenters. The first-order valence-corrected chi connectivity index (χ1v) is 30.9. The molecule has 1 N–H and O–H groups in total. The molecule has 0 fully saturated rings. The molecule has 0 aromatic heterocycles. The predicted octanol–water partition coefficient (Wildman–Crippen LogP) is 18.0. The Kier molecular flexibility index (Phi) is 49.8. The molecule has 0 radical (unpaired) electrons. The first-order valence-electron chi connectivity index (χ1n) is 29.4. The summed E-state index contributed by atoms with van der Waals surface area (Å²) in [5.74, 6) is -0.780. The minimum absolute atomic E-state index is 0.0351. The van der Waals surface area contributed by atoms with Crippen LogP contribution in [0.2, 0.25) is 0 Å². The quantitative estimate of drug-likeness (QED) is 0.0211. The van der Waals surface area contributed by atoms with Crippen LogP contribution in [0.4, 0.5) is 0 Å². The molecule has 0 aromatic carbocycles. The number of allylic oxidation sites excluding steroid dienone is 2. The van der Waals surface area contributed by atoms with Crippen LogP contribution < -0.4 is 0 Å². The van der Waals surface area contributed by atoms with Crippen molar-refractivity contribution < 1.29 is 42.1 Å². The summed E-state index contributed by atoms with van der Waals surface area (Å²) >= 11 is 0. The second-order valence-electron chi connectivity index (χ2n) is 21.4. The number of hydrogen-bond acceptors (Lipinski definition) is 7. The van der Waals surface area contributed by atoms with Gasteiger partial charge in [-0.3, -0.25) is 18.6 Å². The highest BCUT2D eigenvalue weighted by atomic mass is 31.2. The van der Waals surface area contributed by atoms with E-state index >= 15 is 0 Å². The summed E-state index contributed by atoms with van der Waals surface area (Å²) in [4.78, 5) is 35.7. The molecule has 9 nitrogen and oxygen atoms in total. The zero-order chi connectivity index (χ0) is 49.9. The third-order valence-electron chi connectivity index (χ3n) is 13.3. The standard InChI is InChI=1S/C58H114NO8P/c1-6-8-10-12-14-16-18-20-22-24-26-28-29-31-32-34-36-38-40-42-44-46-48-50-57(60)64-54-56(55-66-68(62,63)65-53-52-59(3,4)5)67-58(61)51-49-47-45-43-41-39-37-35-33-30-27-25-23-21-19-17-15-13-11-9-7-2/h25,27,56H,6-24,26,28-55H2,1-5H3/p+1/b27-25-. The summed E-state index contributed by atoms with van der Waals surface area (Å²) in [5.41, 5.74) is 0. The lowest BCUT2D eigenvalue weighted by molar-refractivity contribution is -0.870. The molecule has 0 saturated carbocycles. The molecule has 68 heavy (non-hydrogen) atoms. The summed E-state index contributed by atoms with van der Waals surface area (Å²) in [6, 6.07) is 0. The Labute approximate surface area is 422 Å². The second kappa shape index (κ2) is 50.7. The summed E-state index contributed by atoms with van der Waals surface area (Å²) in [6.07, 6.45) is 58.5. The van der Waals surface area contributed by atoms with Crippen molar-refractivity contribution in [3.05, 3.63) is 12.2 Å². The Morgan fingerprint density at radius 2 is 0.750 bits per heavy atom. The topological polar surface area (TPSA) is 108 Å². The highest BCUT2D eigenvalue weighted by Gasteiger charge is 2.27. The van der Waals surface area contributed by atoms with Crippen molar-refractivity contribution in [2.75, 3.05) is 47.5 Å². The number of ether oxygens (including phenoxy) is 2. The van der Waals surface area contributed by atoms with E-state index in [1.165, 1.54) is 231 Å². The van der Waals surface area contributed by atoms with Gasteiger partial charge in [0.05, 0.1) is 27.7 Å². The number of phosphoric acid groups is 1. The van der Waals surface area contributed by atoms with E-state index in [4.69, 9.17) is 18.5 Å². The first-order chi connectivity index (χ1) is 33.0. The lowest BCUT2D eigenvalue weighted by Gasteiger charge is -2.24. The highest BCUT2D eigenvalue weighted by molar-refractivity contribution is 7.47. The van der Waals surface area contributed by atoms with E-state index in [1.807, 2.05) is 21.1 Å². The van der Waals surface area contributed by atoms with Gasteiger partial charge < -0.3 is 18.9 Å². The minimum Gasteiger partial charge on any atom is -0.462 e. The molecule has 0 aliphatic heterocycles. The highest BCUT2D eigenvalue weighted by Crippen LogP contribution is 2.43. The number of esters is 2. The molecular weight excluding hydrogens is 870 g/mol. The van der Waals surface area contributed by atoms with E-state index in [0.29, 0.717) is 23.9 Å². The Bertz CT molecular complexity index is 1160. The SMILES string of the molecule is CCCCCCCCCC/C=C\CCCCCCCCCCCC(=O)OC(COC(=O)CCCCCCCCCCCCCCCCCCCCCCCCC)COP(=O)(O)OCC[N+](C)(C)C. The number of quaternary nitrogens is 1. The van der Waals surface area contributed by atoms with Crippen molar-refractivity contribution in [2.45, 2.75) is 302 Å². The van der Waals surface area contributed by atoms with Crippen molar-refractivity contribution >= 4 is 19.8 Å². The number of phosphoric ester groups is 1. The molecule has 0 heterocycles. The summed E-state index contributed by atoms with van der Waals surface area (Å²) in [6.45, 7) is 4.49. The first kappa shape index (κ1) is 66.8. The van der Waals surface area contributed by atoms with Gasteiger partial charge in [-0.15, -0.1) is 0 Å². The Hall–Kier alpha value is -1.25. The van der Waals surface area contributed by atoms with Crippen LogP contribution in [0.15, 0.2) is 12.2 Å². The van der Waals surface area contributed by atoms with Crippen LogP contribution in [0.1, 0.15) is 296 Å². The Balaban J connectivity index is 4.12. The smallest absolute Gasteiger partial charge is 0.462 e. The maximum atomic E-state index is 12.8. The monoisotopic (exact) mass is 985 g/mol. The fourth-order valence-corrected chi connectivity index (χ4v) is 9.46. The number of nitrogens with zero attached hydrogens (tertiary/aromatic N) is 1. The van der Waals surface area contributed by atoms with Crippen LogP contribution in [-0.2, 0) is 32.7 Å². The average molecular weight is 986 g/mol. The molecular formula is C58H115NO8P+. The van der Waals surface area contributed by atoms with Gasteiger partial charge in [0.1, 0.15) is 19.8 Å². The van der Waals surface area contributed by atoms with E-state index in [9.17, 15) is 19.0 Å². The number of likely N-dealkylation sites (N-methyl/N-ethyl adjacent to an activating group) is 1. The van der Waals surface area contributed by atoms with Gasteiger partial charge in [0, 0.05) is 12.8 Å². The van der Waals surface area contributed by atoms with Crippen molar-refractivity contribution in [3.63, 3.8) is 0 Å². The van der Waals surface area contributed by atoms with Gasteiger partial charge in [-0.2, -0.15) is 0 Å². The van der Waals surface area contributed by atoms with Crippen molar-refractivity contribution in [1.29, 1.82) is 0 Å². The van der Waals surface area contributed by atoms with Gasteiger partial charge >= 0.3 is 19.8 Å². The van der Waals surface area contributed by atoms with E-state index in [0.717, 1.165) is 32.1 Å². The van der Waals surface area contributed by atoms with Crippen LogP contribution >= 0.6 is 7.82 Å². The van der Waals surface area contributed by atoms with Gasteiger partial charge in [-0.05, 0) is 38.5 Å². The Morgan fingerprint density at radius 1 is 0.441 bits per heavy atom. The predicted molar refractivity (Wildman–Crippen MR) is 289 cm³/mol. The second-order valence-corrected chi connectivity index (χ2v) is 22.8. The average Bonchev–Trinajstić information content (AvgIpc) is 3.30. The van der Waals surface area contributed by atoms with Gasteiger partial charge in [0.25, 0.3) is 0 Å². The number of carbonyl (C=O) groups excluding carboxylic acids is 2. The third kappa shape index (κ3) is 54.1. The molecule has 0 aromatic rings. The number of hydrogen-bond donors (Lipinski definition) is 1. The van der Waals surface area contributed by atoms with Gasteiger partial charge in [0.2, 0.25) is 0 Å². The van der Waals surface area contributed by atoms with Gasteiger partial charge in [0.15, 0.2) is 6.10 Å². The largest absolute Gasteiger partial charge is 0.472 e. The fourth-order valence-electron chi connectivity index (χ4n) is 8.72. The molecule has 0 saturated heterocycles. The van der Waals surface area contributed by atoms with E-state index in [2.05, 4.69) is 26.0 Å². The summed E-state index contributed by atoms with van der Waals surface area (Å²) in [7, 11) is 1.49. The lowest BCUT2D eigenvalue weighted by Crippen LogP contribution is -2.37. The van der Waals surface area contributed by atoms with Crippen LogP contribution in [0.25, 0.3) is 0 Å². The van der Waals surface area contributed by atoms with Crippen LogP contribution in [0.3, 0.4) is 0 Å². The van der Waals surface area contributed by atoms with Gasteiger partial charge in [-0.1, -0.05) is 257 Å². The fraction of sp³-hybridized carbons (Fsp3) is 0.931. The van der Waals surface area contributed by atoms with E-state index in [-0.39, 0.29) is 25.6 Å². The molecule has 2 atom stereocenters. The maximum Gasteiger partial charge on any atom is 0.472 e. The lowest BCUT2D eigenvalue weighted by atomic mass is 10.0. The number of unbranched alkanes of at least 4 members (excludes halogenated alkanes) is 39. The summed E-state index contributed by atoms with van der Waals surface area (Å²) in [5, 5.41) is 0. The molecule has 404 valence electrons. The van der Waals surface area contributed by atoms with Crippen LogP contribution in [-0.4, -0.2) is 74.9 Å². The van der Waals surface area contributed by atoms with E-state index < -0.39 is 26.5 Å². The molecule has 0 rings (SSSR count). The van der Waals surface area contributed by atoms with Crippen molar-refractivity contribution in [1.82, 2.24) is 0 Å². The number of carbonyl (C=O) groups is 2. The molecule has 0 aliphatic rings. The molecule has 0 aliphatic carbocycles. The normalized spacial score (nSPS) is 13.3. The minimum atomic E-state index is -4.38. The molecule has 0 bridgehead atoms. The maximum absolute atomic E-state index is 12.8. The van der Waals surface area contributed by atoms with E-state index in [1.54, 1.807) is 0 Å².